The summed E-state index contributed by atoms with van der Waals surface area (Å²) >= 11 is 5.97. The Morgan fingerprint density at radius 1 is 1.41 bits per heavy atom. The van der Waals surface area contributed by atoms with Crippen LogP contribution in [0.25, 0.3) is 5.69 Å². The van der Waals surface area contributed by atoms with Crippen molar-refractivity contribution < 1.29 is 9.90 Å². The van der Waals surface area contributed by atoms with Crippen LogP contribution in [-0.2, 0) is 0 Å². The predicted octanol–water partition coefficient (Wildman–Crippen LogP) is -0.113. The van der Waals surface area contributed by atoms with E-state index in [0.29, 0.717) is 0 Å². The average Bonchev–Trinajstić information content (AvgIpc) is 2.44. The lowest BCUT2D eigenvalue weighted by molar-refractivity contribution is 0.249. The van der Waals surface area contributed by atoms with Crippen LogP contribution < -0.4 is 22.4 Å². The third-order valence-corrected chi connectivity index (χ3v) is 2.90. The lowest BCUT2D eigenvalue weighted by Gasteiger charge is -2.10. The Hall–Kier alpha value is -3.07. The molecule has 0 spiro atoms. The van der Waals surface area contributed by atoms with Gasteiger partial charge in [0.1, 0.15) is 5.56 Å². The maximum absolute atomic E-state index is 11.9. The summed E-state index contributed by atoms with van der Waals surface area (Å²) in [6, 6.07) is 5.27. The maximum atomic E-state index is 11.9. The molecular formula is C12H10ClN5O4. The Labute approximate surface area is 127 Å². The van der Waals surface area contributed by atoms with E-state index in [1.165, 1.54) is 12.1 Å². The maximum Gasteiger partial charge on any atom is 0.335 e. The first-order valence-corrected chi connectivity index (χ1v) is 6.21. The van der Waals surface area contributed by atoms with Gasteiger partial charge in [-0.25, -0.2) is 19.6 Å². The van der Waals surface area contributed by atoms with Crippen LogP contribution in [0.15, 0.2) is 39.0 Å². The number of para-hydroxylation sites is 1. The molecule has 10 heteroatoms. The normalized spacial score (nSPS) is 10.8. The molecule has 0 fully saturated rings. The van der Waals surface area contributed by atoms with E-state index < -0.39 is 23.2 Å². The first-order chi connectivity index (χ1) is 10.4. The molecule has 0 atom stereocenters. The number of rotatable bonds is 3. The van der Waals surface area contributed by atoms with E-state index in [0.717, 1.165) is 10.8 Å². The van der Waals surface area contributed by atoms with E-state index >= 15 is 0 Å². The zero-order valence-corrected chi connectivity index (χ0v) is 11.7. The second kappa shape index (κ2) is 6.14. The minimum absolute atomic E-state index is 0.167. The first-order valence-electron chi connectivity index (χ1n) is 5.83. The molecule has 0 bridgehead atoms. The number of H-pyrrole nitrogens is 1. The summed E-state index contributed by atoms with van der Waals surface area (Å²) in [5.41, 5.74) is 4.72. The van der Waals surface area contributed by atoms with Gasteiger partial charge >= 0.3 is 11.7 Å². The minimum atomic E-state index is -0.952. The summed E-state index contributed by atoms with van der Waals surface area (Å²) in [5.74, 6) is -0.683. The van der Waals surface area contributed by atoms with Crippen molar-refractivity contribution in [1.29, 1.82) is 0 Å². The molecule has 1 aromatic carbocycles. The van der Waals surface area contributed by atoms with Gasteiger partial charge in [-0.2, -0.15) is 5.10 Å². The Kier molecular flexibility index (Phi) is 4.28. The molecule has 0 aliphatic carbocycles. The molecule has 0 aliphatic rings. The summed E-state index contributed by atoms with van der Waals surface area (Å²) in [4.78, 5) is 36.1. The van der Waals surface area contributed by atoms with Gasteiger partial charge in [0.05, 0.1) is 16.9 Å². The van der Waals surface area contributed by atoms with Gasteiger partial charge < -0.3 is 10.8 Å². The fourth-order valence-corrected chi connectivity index (χ4v) is 1.89. The zero-order valence-electron chi connectivity index (χ0n) is 10.9. The number of nitrogens with one attached hydrogen (secondary N) is 2. The molecule has 2 amide bonds. The van der Waals surface area contributed by atoms with E-state index in [4.69, 9.17) is 17.3 Å². The van der Waals surface area contributed by atoms with E-state index in [-0.39, 0.29) is 16.3 Å². The molecule has 5 N–H and O–H groups in total. The smallest absolute Gasteiger partial charge is 0.335 e. The van der Waals surface area contributed by atoms with Gasteiger partial charge in [0, 0.05) is 0 Å². The van der Waals surface area contributed by atoms with Crippen LogP contribution >= 0.6 is 11.6 Å². The van der Waals surface area contributed by atoms with Crippen molar-refractivity contribution in [1.82, 2.24) is 15.0 Å². The molecule has 0 radical (unpaired) electrons. The van der Waals surface area contributed by atoms with Crippen molar-refractivity contribution in [2.24, 2.45) is 10.8 Å². The molecule has 2 aromatic rings. The Morgan fingerprint density at radius 3 is 2.73 bits per heavy atom. The first kappa shape index (κ1) is 15.3. The number of urea groups is 1. The Morgan fingerprint density at radius 2 is 2.09 bits per heavy atom. The number of benzene rings is 1. The number of nitrogens with zero attached hydrogens (tertiary/aromatic N) is 2. The lowest BCUT2D eigenvalue weighted by Crippen LogP contribution is -2.32. The molecule has 0 saturated heterocycles. The summed E-state index contributed by atoms with van der Waals surface area (Å²) < 4.78 is 0.801. The summed E-state index contributed by atoms with van der Waals surface area (Å²) in [5, 5.41) is 13.7. The topological polar surface area (TPSA) is 143 Å². The summed E-state index contributed by atoms with van der Waals surface area (Å²) in [6.45, 7) is 0. The third-order valence-electron chi connectivity index (χ3n) is 2.58. The molecule has 2 rings (SSSR count). The number of hydrogen-bond acceptors (Lipinski definition) is 5. The number of aromatic amines is 1. The highest BCUT2D eigenvalue weighted by Gasteiger charge is 2.15. The number of amides is 2. The molecule has 114 valence electrons. The van der Waals surface area contributed by atoms with Gasteiger partial charge in [-0.15, -0.1) is 0 Å². The van der Waals surface area contributed by atoms with Crippen LogP contribution in [0.1, 0.15) is 5.56 Å². The zero-order chi connectivity index (χ0) is 16.3. The van der Waals surface area contributed by atoms with E-state index in [1.807, 2.05) is 10.4 Å². The monoisotopic (exact) mass is 323 g/mol. The lowest BCUT2D eigenvalue weighted by atomic mass is 10.3. The van der Waals surface area contributed by atoms with Crippen molar-refractivity contribution in [3.05, 3.63) is 55.7 Å². The highest BCUT2D eigenvalue weighted by atomic mass is 35.5. The Balaban J connectivity index is 2.65. The molecule has 1 heterocycles. The summed E-state index contributed by atoms with van der Waals surface area (Å²) in [6.07, 6.45) is 0.853. The standard InChI is InChI=1S/C12H10ClN5O4/c13-7-3-1-2-4-8(7)18-10(20)6(5-15-17-11(14)21)9(19)16-12(18)22/h1-5,20H,(H3,14,17,21)(H,16,19,22). The van der Waals surface area contributed by atoms with Gasteiger partial charge in [-0.1, -0.05) is 23.7 Å². The Bertz CT molecular complexity index is 871. The number of halogens is 1. The largest absolute Gasteiger partial charge is 0.493 e. The van der Waals surface area contributed by atoms with Crippen molar-refractivity contribution >= 4 is 23.8 Å². The van der Waals surface area contributed by atoms with Gasteiger partial charge in [-0.3, -0.25) is 9.78 Å². The van der Waals surface area contributed by atoms with Crippen LogP contribution in [0.3, 0.4) is 0 Å². The minimum Gasteiger partial charge on any atom is -0.493 e. The number of primary amides is 1. The van der Waals surface area contributed by atoms with E-state index in [2.05, 4.69) is 5.10 Å². The molecule has 9 nitrogen and oxygen atoms in total. The van der Waals surface area contributed by atoms with Crippen LogP contribution in [0.2, 0.25) is 5.02 Å². The van der Waals surface area contributed by atoms with Crippen molar-refractivity contribution in [2.75, 3.05) is 0 Å². The fourth-order valence-electron chi connectivity index (χ4n) is 1.67. The van der Waals surface area contributed by atoms with Crippen LogP contribution in [0.5, 0.6) is 5.88 Å². The number of carbonyl (C=O) groups is 1. The molecule has 0 unspecified atom stereocenters. The SMILES string of the molecule is NC(=O)NN=Cc1c(O)n(-c2ccccc2Cl)c(=O)[nH]c1=O. The number of carbonyl (C=O) groups excluding carboxylic acids is 1. The molecular weight excluding hydrogens is 314 g/mol. The second-order valence-corrected chi connectivity index (χ2v) is 4.42. The van der Waals surface area contributed by atoms with Crippen molar-refractivity contribution in [3.8, 4) is 11.6 Å². The quantitative estimate of drug-likeness (QED) is 0.461. The third kappa shape index (κ3) is 2.99. The molecule has 0 saturated carbocycles. The van der Waals surface area contributed by atoms with Gasteiger partial charge in [0.15, 0.2) is 0 Å². The predicted molar refractivity (Wildman–Crippen MR) is 79.6 cm³/mol. The summed E-state index contributed by atoms with van der Waals surface area (Å²) in [7, 11) is 0. The number of aromatic hydroxyl groups is 1. The highest BCUT2D eigenvalue weighted by molar-refractivity contribution is 6.32. The number of hydrogen-bond donors (Lipinski definition) is 4. The van der Waals surface area contributed by atoms with Crippen LogP contribution in [0, 0.1) is 0 Å². The average molecular weight is 324 g/mol. The van der Waals surface area contributed by atoms with Gasteiger partial charge in [0.2, 0.25) is 5.88 Å². The van der Waals surface area contributed by atoms with Gasteiger partial charge in [0.25, 0.3) is 5.56 Å². The van der Waals surface area contributed by atoms with Crippen LogP contribution in [-0.4, -0.2) is 26.9 Å². The number of nitrogens with two attached hydrogens (primary N) is 1. The van der Waals surface area contributed by atoms with Crippen molar-refractivity contribution in [3.63, 3.8) is 0 Å². The number of hydrazone groups is 1. The van der Waals surface area contributed by atoms with Gasteiger partial charge in [-0.05, 0) is 12.1 Å². The number of aromatic nitrogens is 2. The molecule has 1 aromatic heterocycles. The van der Waals surface area contributed by atoms with E-state index in [1.54, 1.807) is 12.1 Å². The fraction of sp³-hybridized carbons (Fsp3) is 0. The van der Waals surface area contributed by atoms with E-state index in [9.17, 15) is 19.5 Å². The highest BCUT2D eigenvalue weighted by Crippen LogP contribution is 2.22. The molecule has 0 aliphatic heterocycles. The van der Waals surface area contributed by atoms with Crippen molar-refractivity contribution in [2.45, 2.75) is 0 Å². The van der Waals surface area contributed by atoms with Crippen LogP contribution in [0.4, 0.5) is 4.79 Å². The second-order valence-electron chi connectivity index (χ2n) is 4.02. The molecule has 22 heavy (non-hydrogen) atoms.